The molecule has 1 fully saturated rings. The molecule has 0 aromatic carbocycles. The van der Waals surface area contributed by atoms with Gasteiger partial charge < -0.3 is 15.5 Å². The molecule has 8 heteroatoms. The van der Waals surface area contributed by atoms with Gasteiger partial charge in [-0.15, -0.1) is 0 Å². The number of rotatable bonds is 2. The monoisotopic (exact) mass is 364 g/mol. The standard InChI is InChI=1S/C19H24N8/c1-12-10-13(20)6-9-26(12)16-11-22-17-18(23-16)24-25-19(17)27-8-3-4-14-15(27)5-2-7-21-14/h2,5,7,11-13H,3-4,6,8-10,20H2,1H3,(H,23,24,25)/t12?,13-/m0/s1. The Morgan fingerprint density at radius 1 is 1.26 bits per heavy atom. The summed E-state index contributed by atoms with van der Waals surface area (Å²) in [7, 11) is 0. The van der Waals surface area contributed by atoms with Crippen molar-refractivity contribution >= 4 is 28.5 Å². The lowest BCUT2D eigenvalue weighted by molar-refractivity contribution is 0.427. The molecular formula is C19H24N8. The fourth-order valence-electron chi connectivity index (χ4n) is 4.27. The maximum atomic E-state index is 6.09. The number of hydrogen-bond donors (Lipinski definition) is 2. The summed E-state index contributed by atoms with van der Waals surface area (Å²) in [6, 6.07) is 4.71. The SMILES string of the molecule is CC1C[C@@H](N)CCN1c1cnc2c(N3CCCc4ncccc43)n[nH]c2n1. The van der Waals surface area contributed by atoms with Gasteiger partial charge in [0.15, 0.2) is 17.0 Å². The van der Waals surface area contributed by atoms with E-state index in [9.17, 15) is 0 Å². The molecule has 1 unspecified atom stereocenters. The molecule has 5 rings (SSSR count). The van der Waals surface area contributed by atoms with Crippen molar-refractivity contribution in [2.24, 2.45) is 5.73 Å². The van der Waals surface area contributed by atoms with Crippen LogP contribution in [0.25, 0.3) is 11.2 Å². The molecule has 0 amide bonds. The third-order valence-corrected chi connectivity index (χ3v) is 5.66. The number of fused-ring (bicyclic) bond motifs is 2. The topological polar surface area (TPSA) is 99.9 Å². The maximum Gasteiger partial charge on any atom is 0.183 e. The Balaban J connectivity index is 1.50. The van der Waals surface area contributed by atoms with Crippen LogP contribution in [-0.2, 0) is 6.42 Å². The van der Waals surface area contributed by atoms with Crippen molar-refractivity contribution in [3.63, 3.8) is 0 Å². The number of H-pyrrole nitrogens is 1. The summed E-state index contributed by atoms with van der Waals surface area (Å²) in [5, 5.41) is 7.63. The lowest BCUT2D eigenvalue weighted by atomic mass is 9.99. The molecule has 3 aromatic heterocycles. The highest BCUT2D eigenvalue weighted by Gasteiger charge is 2.27. The molecule has 0 aliphatic carbocycles. The third kappa shape index (κ3) is 2.80. The highest BCUT2D eigenvalue weighted by atomic mass is 15.3. The number of piperidine rings is 1. The second kappa shape index (κ2) is 6.45. The average Bonchev–Trinajstić information content (AvgIpc) is 3.10. The van der Waals surface area contributed by atoms with Gasteiger partial charge in [0.05, 0.1) is 17.6 Å². The highest BCUT2D eigenvalue weighted by molar-refractivity contribution is 5.87. The fourth-order valence-corrected chi connectivity index (χ4v) is 4.27. The van der Waals surface area contributed by atoms with Crippen LogP contribution in [0.1, 0.15) is 31.9 Å². The Kier molecular flexibility index (Phi) is 3.93. The number of pyridine rings is 1. The van der Waals surface area contributed by atoms with E-state index >= 15 is 0 Å². The minimum absolute atomic E-state index is 0.277. The van der Waals surface area contributed by atoms with Crippen LogP contribution in [0.4, 0.5) is 17.3 Å². The van der Waals surface area contributed by atoms with E-state index in [1.807, 2.05) is 18.5 Å². The molecular weight excluding hydrogens is 340 g/mol. The van der Waals surface area contributed by atoms with Gasteiger partial charge in [-0.1, -0.05) is 0 Å². The number of nitrogens with one attached hydrogen (secondary N) is 1. The Morgan fingerprint density at radius 2 is 2.19 bits per heavy atom. The summed E-state index contributed by atoms with van der Waals surface area (Å²) < 4.78 is 0. The van der Waals surface area contributed by atoms with Crippen LogP contribution in [0.15, 0.2) is 24.5 Å². The van der Waals surface area contributed by atoms with Crippen molar-refractivity contribution in [1.29, 1.82) is 0 Å². The van der Waals surface area contributed by atoms with E-state index in [4.69, 9.17) is 15.7 Å². The smallest absolute Gasteiger partial charge is 0.183 e. The lowest BCUT2D eigenvalue weighted by Gasteiger charge is -2.37. The predicted molar refractivity (Wildman–Crippen MR) is 105 cm³/mol. The van der Waals surface area contributed by atoms with Gasteiger partial charge in [0.2, 0.25) is 0 Å². The van der Waals surface area contributed by atoms with Crippen LogP contribution < -0.4 is 15.5 Å². The molecule has 0 saturated carbocycles. The van der Waals surface area contributed by atoms with E-state index in [1.165, 1.54) is 0 Å². The Morgan fingerprint density at radius 3 is 3.07 bits per heavy atom. The zero-order valence-corrected chi connectivity index (χ0v) is 15.5. The zero-order chi connectivity index (χ0) is 18.4. The molecule has 2 aliphatic heterocycles. The molecule has 2 aliphatic rings. The third-order valence-electron chi connectivity index (χ3n) is 5.66. The number of anilines is 3. The summed E-state index contributed by atoms with van der Waals surface area (Å²) >= 11 is 0. The first-order valence-electron chi connectivity index (χ1n) is 9.65. The second-order valence-electron chi connectivity index (χ2n) is 7.52. The van der Waals surface area contributed by atoms with Crippen molar-refractivity contribution < 1.29 is 0 Å². The quantitative estimate of drug-likeness (QED) is 0.718. The normalized spacial score (nSPS) is 22.9. The van der Waals surface area contributed by atoms with Crippen LogP contribution in [-0.4, -0.2) is 50.3 Å². The Labute approximate surface area is 157 Å². The number of nitrogens with zero attached hydrogens (tertiary/aromatic N) is 6. The van der Waals surface area contributed by atoms with Crippen molar-refractivity contribution in [3.05, 3.63) is 30.2 Å². The number of aryl methyl sites for hydroxylation is 1. The maximum absolute atomic E-state index is 6.09. The molecule has 140 valence electrons. The first-order valence-corrected chi connectivity index (χ1v) is 9.65. The van der Waals surface area contributed by atoms with E-state index in [-0.39, 0.29) is 6.04 Å². The molecule has 3 aromatic rings. The summed E-state index contributed by atoms with van der Waals surface area (Å²) in [5.74, 6) is 1.71. The second-order valence-corrected chi connectivity index (χ2v) is 7.52. The molecule has 8 nitrogen and oxygen atoms in total. The molecule has 2 atom stereocenters. The van der Waals surface area contributed by atoms with Crippen LogP contribution in [0.2, 0.25) is 0 Å². The van der Waals surface area contributed by atoms with Crippen LogP contribution in [0.5, 0.6) is 0 Å². The van der Waals surface area contributed by atoms with E-state index in [2.05, 4.69) is 38.0 Å². The van der Waals surface area contributed by atoms with Crippen molar-refractivity contribution in [1.82, 2.24) is 25.1 Å². The number of aromatic nitrogens is 5. The number of aromatic amines is 1. The average molecular weight is 364 g/mol. The van der Waals surface area contributed by atoms with E-state index in [0.717, 1.165) is 73.0 Å². The molecule has 0 radical (unpaired) electrons. The molecule has 0 spiro atoms. The summed E-state index contributed by atoms with van der Waals surface area (Å²) in [5.41, 5.74) is 9.84. The van der Waals surface area contributed by atoms with Gasteiger partial charge >= 0.3 is 0 Å². The van der Waals surface area contributed by atoms with E-state index in [1.54, 1.807) is 0 Å². The minimum Gasteiger partial charge on any atom is -0.352 e. The Bertz CT molecular complexity index is 967. The van der Waals surface area contributed by atoms with Gasteiger partial charge in [-0.05, 0) is 44.7 Å². The molecule has 3 N–H and O–H groups in total. The van der Waals surface area contributed by atoms with Gasteiger partial charge in [-0.2, -0.15) is 5.10 Å². The van der Waals surface area contributed by atoms with Gasteiger partial charge in [0.1, 0.15) is 5.82 Å². The number of nitrogens with two attached hydrogens (primary N) is 1. The van der Waals surface area contributed by atoms with Crippen LogP contribution >= 0.6 is 0 Å². The zero-order valence-electron chi connectivity index (χ0n) is 15.5. The molecule has 0 bridgehead atoms. The summed E-state index contributed by atoms with van der Waals surface area (Å²) in [6.07, 6.45) is 7.72. The largest absolute Gasteiger partial charge is 0.352 e. The van der Waals surface area contributed by atoms with Gasteiger partial charge in [-0.3, -0.25) is 10.1 Å². The summed E-state index contributed by atoms with van der Waals surface area (Å²) in [6.45, 7) is 4.01. The molecule has 5 heterocycles. The van der Waals surface area contributed by atoms with Crippen LogP contribution in [0, 0.1) is 0 Å². The van der Waals surface area contributed by atoms with Crippen LogP contribution in [0.3, 0.4) is 0 Å². The highest BCUT2D eigenvalue weighted by Crippen LogP contribution is 2.34. The van der Waals surface area contributed by atoms with Crippen molar-refractivity contribution in [2.45, 2.75) is 44.7 Å². The van der Waals surface area contributed by atoms with Gasteiger partial charge in [0.25, 0.3) is 0 Å². The van der Waals surface area contributed by atoms with Crippen molar-refractivity contribution in [2.75, 3.05) is 22.9 Å². The molecule has 27 heavy (non-hydrogen) atoms. The molecule has 1 saturated heterocycles. The van der Waals surface area contributed by atoms with Gasteiger partial charge in [0, 0.05) is 31.4 Å². The predicted octanol–water partition coefficient (Wildman–Crippen LogP) is 2.15. The minimum atomic E-state index is 0.277. The number of hydrogen-bond acceptors (Lipinski definition) is 7. The Hall–Kier alpha value is -2.74. The van der Waals surface area contributed by atoms with E-state index < -0.39 is 0 Å². The van der Waals surface area contributed by atoms with Gasteiger partial charge in [-0.25, -0.2) is 9.97 Å². The summed E-state index contributed by atoms with van der Waals surface area (Å²) in [4.78, 5) is 18.5. The van der Waals surface area contributed by atoms with Crippen molar-refractivity contribution in [3.8, 4) is 0 Å². The lowest BCUT2D eigenvalue weighted by Crippen LogP contribution is -2.46. The van der Waals surface area contributed by atoms with E-state index in [0.29, 0.717) is 6.04 Å². The fraction of sp³-hybridized carbons (Fsp3) is 0.474. The first kappa shape index (κ1) is 16.4. The first-order chi connectivity index (χ1) is 13.2.